The molecular formula is C26H20ClNO2. The van der Waals surface area contributed by atoms with Crippen molar-refractivity contribution < 1.29 is 9.84 Å². The maximum Gasteiger partial charge on any atom is 0.120 e. The maximum atomic E-state index is 11.1. The van der Waals surface area contributed by atoms with Crippen molar-refractivity contribution in [1.29, 1.82) is 0 Å². The summed E-state index contributed by atoms with van der Waals surface area (Å²) < 4.78 is 5.47. The van der Waals surface area contributed by atoms with Gasteiger partial charge in [-0.25, -0.2) is 0 Å². The number of benzene rings is 4. The lowest BCUT2D eigenvalue weighted by Gasteiger charge is -2.22. The number of fused-ring (bicyclic) bond motifs is 2. The average molecular weight is 414 g/mol. The molecule has 0 saturated heterocycles. The zero-order valence-electron chi connectivity index (χ0n) is 16.4. The van der Waals surface area contributed by atoms with E-state index in [2.05, 4.69) is 17.1 Å². The highest BCUT2D eigenvalue weighted by molar-refractivity contribution is 6.30. The molecule has 0 bridgehead atoms. The number of H-pyrrole nitrogens is 1. The standard InChI is InChI=1S/C26H20ClNO2/c1-30-19-12-8-16-9-13-24(29)26(21(16)14-19)25(17-6-10-18(27)11-7-17)22-15-28-23-5-3-2-4-20(22)23/h2-15,25,28-29H,1H3. The van der Waals surface area contributed by atoms with E-state index in [0.29, 0.717) is 5.02 Å². The molecule has 0 spiro atoms. The third-order valence-corrected chi connectivity index (χ3v) is 5.92. The number of methoxy groups -OCH3 is 1. The minimum Gasteiger partial charge on any atom is -0.508 e. The molecule has 1 unspecified atom stereocenters. The number of ether oxygens (including phenoxy) is 1. The lowest BCUT2D eigenvalue weighted by atomic mass is 9.82. The third kappa shape index (κ3) is 3.08. The Morgan fingerprint density at radius 3 is 2.47 bits per heavy atom. The number of para-hydroxylation sites is 1. The highest BCUT2D eigenvalue weighted by Crippen LogP contribution is 2.44. The number of rotatable bonds is 4. The number of aromatic hydroxyl groups is 1. The fourth-order valence-electron chi connectivity index (χ4n) is 4.23. The summed E-state index contributed by atoms with van der Waals surface area (Å²) in [5.74, 6) is 0.818. The fourth-order valence-corrected chi connectivity index (χ4v) is 4.36. The molecule has 0 aliphatic carbocycles. The number of nitrogens with one attached hydrogen (secondary N) is 1. The summed E-state index contributed by atoms with van der Waals surface area (Å²) in [7, 11) is 1.65. The van der Waals surface area contributed by atoms with Crippen LogP contribution in [0.25, 0.3) is 21.7 Å². The summed E-state index contributed by atoms with van der Waals surface area (Å²) in [5, 5.41) is 14.9. The molecule has 0 aliphatic heterocycles. The van der Waals surface area contributed by atoms with Gasteiger partial charge in [0.1, 0.15) is 11.5 Å². The van der Waals surface area contributed by atoms with Crippen molar-refractivity contribution in [2.24, 2.45) is 0 Å². The van der Waals surface area contributed by atoms with Crippen molar-refractivity contribution in [2.75, 3.05) is 7.11 Å². The zero-order chi connectivity index (χ0) is 20.7. The molecule has 0 saturated carbocycles. The molecule has 1 aromatic heterocycles. The van der Waals surface area contributed by atoms with Gasteiger partial charge in [-0.3, -0.25) is 0 Å². The number of aromatic nitrogens is 1. The second-order valence-corrected chi connectivity index (χ2v) is 7.80. The number of phenols is 1. The summed E-state index contributed by atoms with van der Waals surface area (Å²) in [4.78, 5) is 3.38. The molecule has 5 rings (SSSR count). The van der Waals surface area contributed by atoms with Crippen molar-refractivity contribution in [2.45, 2.75) is 5.92 Å². The van der Waals surface area contributed by atoms with E-state index >= 15 is 0 Å². The lowest BCUT2D eigenvalue weighted by Crippen LogP contribution is -2.04. The van der Waals surface area contributed by atoms with Crippen LogP contribution in [0.1, 0.15) is 22.6 Å². The van der Waals surface area contributed by atoms with Crippen molar-refractivity contribution in [3.05, 3.63) is 107 Å². The quantitative estimate of drug-likeness (QED) is 0.337. The molecule has 148 valence electrons. The van der Waals surface area contributed by atoms with Crippen LogP contribution in [0.5, 0.6) is 11.5 Å². The van der Waals surface area contributed by atoms with Gasteiger partial charge in [0, 0.05) is 33.6 Å². The van der Waals surface area contributed by atoms with Crippen molar-refractivity contribution >= 4 is 33.3 Å². The van der Waals surface area contributed by atoms with Gasteiger partial charge in [0.25, 0.3) is 0 Å². The minimum atomic E-state index is -0.186. The van der Waals surface area contributed by atoms with Gasteiger partial charge in [-0.2, -0.15) is 0 Å². The van der Waals surface area contributed by atoms with E-state index in [1.807, 2.05) is 66.9 Å². The molecule has 0 fully saturated rings. The number of hydrogen-bond donors (Lipinski definition) is 2. The second-order valence-electron chi connectivity index (χ2n) is 7.36. The van der Waals surface area contributed by atoms with Gasteiger partial charge in [-0.05, 0) is 58.3 Å². The van der Waals surface area contributed by atoms with Crippen molar-refractivity contribution in [3.63, 3.8) is 0 Å². The highest BCUT2D eigenvalue weighted by Gasteiger charge is 2.25. The molecule has 4 heteroatoms. The predicted molar refractivity (Wildman–Crippen MR) is 123 cm³/mol. The van der Waals surface area contributed by atoms with Gasteiger partial charge in [0.2, 0.25) is 0 Å². The first-order valence-corrected chi connectivity index (χ1v) is 10.1. The molecule has 4 aromatic carbocycles. The van der Waals surface area contributed by atoms with Crippen LogP contribution in [0.3, 0.4) is 0 Å². The van der Waals surface area contributed by atoms with E-state index in [-0.39, 0.29) is 11.7 Å². The van der Waals surface area contributed by atoms with E-state index in [4.69, 9.17) is 16.3 Å². The molecule has 3 nitrogen and oxygen atoms in total. The van der Waals surface area contributed by atoms with Crippen LogP contribution < -0.4 is 4.74 Å². The summed E-state index contributed by atoms with van der Waals surface area (Å²) in [6.07, 6.45) is 2.03. The first-order valence-electron chi connectivity index (χ1n) is 9.77. The van der Waals surface area contributed by atoms with E-state index in [1.54, 1.807) is 13.2 Å². The van der Waals surface area contributed by atoms with Gasteiger partial charge < -0.3 is 14.8 Å². The largest absolute Gasteiger partial charge is 0.508 e. The number of phenolic OH excluding ortho intramolecular Hbond substituents is 1. The lowest BCUT2D eigenvalue weighted by molar-refractivity contribution is 0.415. The van der Waals surface area contributed by atoms with Gasteiger partial charge in [0.05, 0.1) is 7.11 Å². The Kier molecular flexibility index (Phi) is 4.61. The molecular weight excluding hydrogens is 394 g/mol. The Bertz CT molecular complexity index is 1360. The van der Waals surface area contributed by atoms with E-state index in [0.717, 1.165) is 44.1 Å². The Morgan fingerprint density at radius 1 is 0.900 bits per heavy atom. The van der Waals surface area contributed by atoms with E-state index < -0.39 is 0 Å². The van der Waals surface area contributed by atoms with Crippen LogP contribution >= 0.6 is 11.6 Å². The maximum absolute atomic E-state index is 11.1. The normalized spacial score (nSPS) is 12.3. The second kappa shape index (κ2) is 7.43. The van der Waals surface area contributed by atoms with Gasteiger partial charge in [-0.1, -0.05) is 54.1 Å². The summed E-state index contributed by atoms with van der Waals surface area (Å²) in [6.45, 7) is 0. The van der Waals surface area contributed by atoms with E-state index in [9.17, 15) is 5.11 Å². The van der Waals surface area contributed by atoms with Crippen LogP contribution in [0.2, 0.25) is 5.02 Å². The molecule has 0 amide bonds. The molecule has 30 heavy (non-hydrogen) atoms. The highest BCUT2D eigenvalue weighted by atomic mass is 35.5. The first-order chi connectivity index (χ1) is 14.7. The monoisotopic (exact) mass is 413 g/mol. The summed E-state index contributed by atoms with van der Waals surface area (Å²) in [6, 6.07) is 25.7. The van der Waals surface area contributed by atoms with Gasteiger partial charge in [0.15, 0.2) is 0 Å². The Hall–Kier alpha value is -3.43. The van der Waals surface area contributed by atoms with Gasteiger partial charge in [-0.15, -0.1) is 0 Å². The predicted octanol–water partition coefficient (Wildman–Crippen LogP) is 6.87. The first kappa shape index (κ1) is 18.6. The van der Waals surface area contributed by atoms with Crippen LogP contribution in [0.4, 0.5) is 0 Å². The average Bonchev–Trinajstić information content (AvgIpc) is 3.20. The summed E-state index contributed by atoms with van der Waals surface area (Å²) >= 11 is 6.18. The topological polar surface area (TPSA) is 45.2 Å². The number of aromatic amines is 1. The van der Waals surface area contributed by atoms with Crippen LogP contribution in [0, 0.1) is 0 Å². The van der Waals surface area contributed by atoms with Gasteiger partial charge >= 0.3 is 0 Å². The Balaban J connectivity index is 1.86. The minimum absolute atomic E-state index is 0.186. The fraction of sp³-hybridized carbons (Fsp3) is 0.0769. The molecule has 2 N–H and O–H groups in total. The van der Waals surface area contributed by atoms with E-state index in [1.165, 1.54) is 0 Å². The Labute approximate surface area is 179 Å². The molecule has 5 aromatic rings. The molecule has 1 atom stereocenters. The molecule has 0 aliphatic rings. The van der Waals surface area contributed by atoms with Crippen molar-refractivity contribution in [1.82, 2.24) is 4.98 Å². The SMILES string of the molecule is COc1ccc2ccc(O)c(C(c3ccc(Cl)cc3)c3c[nH]c4ccccc34)c2c1. The summed E-state index contributed by atoms with van der Waals surface area (Å²) in [5.41, 5.74) is 4.05. The third-order valence-electron chi connectivity index (χ3n) is 5.67. The van der Waals surface area contributed by atoms with Crippen molar-refractivity contribution in [3.8, 4) is 11.5 Å². The Morgan fingerprint density at radius 2 is 1.67 bits per heavy atom. The molecule has 0 radical (unpaired) electrons. The number of halogens is 1. The zero-order valence-corrected chi connectivity index (χ0v) is 17.1. The van der Waals surface area contributed by atoms with Crippen LogP contribution in [-0.2, 0) is 0 Å². The molecule has 1 heterocycles. The van der Waals surface area contributed by atoms with Crippen LogP contribution in [0.15, 0.2) is 85.1 Å². The smallest absolute Gasteiger partial charge is 0.120 e. The van der Waals surface area contributed by atoms with Crippen LogP contribution in [-0.4, -0.2) is 17.2 Å². The number of hydrogen-bond acceptors (Lipinski definition) is 2.